The van der Waals surface area contributed by atoms with Crippen molar-refractivity contribution in [1.82, 2.24) is 9.78 Å². The topological polar surface area (TPSA) is 55.1 Å². The highest BCUT2D eigenvalue weighted by atomic mass is 79.9. The molecule has 0 saturated heterocycles. The first kappa shape index (κ1) is 13.8. The molecule has 5 heteroatoms. The summed E-state index contributed by atoms with van der Waals surface area (Å²) in [5.41, 5.74) is 1.74. The van der Waals surface area contributed by atoms with E-state index in [2.05, 4.69) is 21.0 Å². The highest BCUT2D eigenvalue weighted by Gasteiger charge is 2.21. The predicted octanol–water partition coefficient (Wildman–Crippen LogP) is 3.08. The van der Waals surface area contributed by atoms with Crippen LogP contribution in [0.4, 0.5) is 0 Å². The molecule has 0 spiro atoms. The number of benzene rings is 1. The number of nitrogens with zero attached hydrogens (tertiary/aromatic N) is 2. The summed E-state index contributed by atoms with van der Waals surface area (Å²) in [5, 5.41) is 13.6. The van der Waals surface area contributed by atoms with E-state index in [4.69, 9.17) is 0 Å². The van der Waals surface area contributed by atoms with Crippen LogP contribution in [0.3, 0.4) is 0 Å². The van der Waals surface area contributed by atoms with Gasteiger partial charge in [-0.05, 0) is 36.6 Å². The maximum Gasteiger partial charge on any atom is 0.311 e. The van der Waals surface area contributed by atoms with Crippen LogP contribution in [0.25, 0.3) is 0 Å². The molecule has 1 aromatic heterocycles. The van der Waals surface area contributed by atoms with Gasteiger partial charge in [0.15, 0.2) is 0 Å². The number of aromatic nitrogens is 2. The number of carbonyl (C=O) groups is 1. The van der Waals surface area contributed by atoms with Crippen molar-refractivity contribution in [3.8, 4) is 0 Å². The Balaban J connectivity index is 2.23. The lowest BCUT2D eigenvalue weighted by Gasteiger charge is -2.12. The summed E-state index contributed by atoms with van der Waals surface area (Å²) in [6.07, 6.45) is 4.08. The Kier molecular flexibility index (Phi) is 4.37. The van der Waals surface area contributed by atoms with Crippen molar-refractivity contribution >= 4 is 21.9 Å². The Morgan fingerprint density at radius 3 is 2.89 bits per heavy atom. The van der Waals surface area contributed by atoms with E-state index >= 15 is 0 Å². The van der Waals surface area contributed by atoms with Gasteiger partial charge in [-0.1, -0.05) is 28.1 Å². The molecule has 1 unspecified atom stereocenters. The minimum atomic E-state index is -0.817. The lowest BCUT2D eigenvalue weighted by molar-refractivity contribution is -0.138. The SMILES string of the molecule is CCn1cc(CC(C(=O)O)c2cccc(Br)c2)cn1. The van der Waals surface area contributed by atoms with Crippen molar-refractivity contribution in [3.63, 3.8) is 0 Å². The van der Waals surface area contributed by atoms with Crippen LogP contribution < -0.4 is 0 Å². The average molecular weight is 323 g/mol. The zero-order chi connectivity index (χ0) is 13.8. The van der Waals surface area contributed by atoms with Crippen LogP contribution in [0, 0.1) is 0 Å². The molecule has 0 aliphatic rings. The molecule has 4 nitrogen and oxygen atoms in total. The highest BCUT2D eigenvalue weighted by molar-refractivity contribution is 9.10. The summed E-state index contributed by atoms with van der Waals surface area (Å²) in [5.74, 6) is -1.37. The van der Waals surface area contributed by atoms with E-state index in [0.717, 1.165) is 22.1 Å². The molecule has 0 bridgehead atoms. The molecule has 0 saturated carbocycles. The van der Waals surface area contributed by atoms with Crippen LogP contribution >= 0.6 is 15.9 Å². The molecule has 0 aliphatic carbocycles. The minimum Gasteiger partial charge on any atom is -0.481 e. The normalized spacial score (nSPS) is 12.3. The lowest BCUT2D eigenvalue weighted by Crippen LogP contribution is -2.14. The third-order valence-corrected chi connectivity index (χ3v) is 3.49. The Bertz CT molecular complexity index is 580. The highest BCUT2D eigenvalue weighted by Crippen LogP contribution is 2.24. The molecule has 0 radical (unpaired) electrons. The molecule has 1 heterocycles. The summed E-state index contributed by atoms with van der Waals surface area (Å²) < 4.78 is 2.69. The molecule has 1 atom stereocenters. The first-order valence-electron chi connectivity index (χ1n) is 6.09. The number of carboxylic acids is 1. The molecule has 19 heavy (non-hydrogen) atoms. The Labute approximate surface area is 120 Å². The Hall–Kier alpha value is -1.62. The van der Waals surface area contributed by atoms with Crippen LogP contribution in [-0.2, 0) is 17.8 Å². The number of aryl methyl sites for hydroxylation is 1. The molecule has 0 aliphatic heterocycles. The molecule has 2 aromatic rings. The second-order valence-electron chi connectivity index (χ2n) is 4.35. The standard InChI is InChI=1S/C14H15BrN2O2/c1-2-17-9-10(8-16-17)6-13(14(18)19)11-4-3-5-12(15)7-11/h3-5,7-9,13H,2,6H2,1H3,(H,18,19). The van der Waals surface area contributed by atoms with Crippen LogP contribution in [0.15, 0.2) is 41.1 Å². The van der Waals surface area contributed by atoms with Gasteiger partial charge in [0.05, 0.1) is 12.1 Å². The molecular formula is C14H15BrN2O2. The van der Waals surface area contributed by atoms with Gasteiger partial charge < -0.3 is 5.11 Å². The second-order valence-corrected chi connectivity index (χ2v) is 5.27. The number of hydrogen-bond donors (Lipinski definition) is 1. The quantitative estimate of drug-likeness (QED) is 0.920. The fourth-order valence-corrected chi connectivity index (χ4v) is 2.41. The predicted molar refractivity (Wildman–Crippen MR) is 76.1 cm³/mol. The molecule has 2 rings (SSSR count). The first-order chi connectivity index (χ1) is 9.10. The smallest absolute Gasteiger partial charge is 0.311 e. The van der Waals surface area contributed by atoms with Crippen molar-refractivity contribution in [3.05, 3.63) is 52.3 Å². The van der Waals surface area contributed by atoms with E-state index in [1.54, 1.807) is 10.9 Å². The van der Waals surface area contributed by atoms with E-state index in [9.17, 15) is 9.90 Å². The van der Waals surface area contributed by atoms with E-state index in [0.29, 0.717) is 6.42 Å². The number of hydrogen-bond acceptors (Lipinski definition) is 2. The van der Waals surface area contributed by atoms with Gasteiger partial charge in [-0.3, -0.25) is 9.48 Å². The fraction of sp³-hybridized carbons (Fsp3) is 0.286. The van der Waals surface area contributed by atoms with E-state index < -0.39 is 11.9 Å². The number of carboxylic acid groups (broad SMARTS) is 1. The van der Waals surface area contributed by atoms with Crippen molar-refractivity contribution in [2.24, 2.45) is 0 Å². The van der Waals surface area contributed by atoms with E-state index in [1.807, 2.05) is 37.4 Å². The number of rotatable bonds is 5. The maximum atomic E-state index is 11.4. The third kappa shape index (κ3) is 3.44. The van der Waals surface area contributed by atoms with Crippen LogP contribution in [-0.4, -0.2) is 20.9 Å². The van der Waals surface area contributed by atoms with Gasteiger partial charge in [0, 0.05) is 17.2 Å². The van der Waals surface area contributed by atoms with Crippen LogP contribution in [0.1, 0.15) is 24.0 Å². The zero-order valence-electron chi connectivity index (χ0n) is 10.6. The first-order valence-corrected chi connectivity index (χ1v) is 6.89. The van der Waals surface area contributed by atoms with Gasteiger partial charge in [-0.25, -0.2) is 0 Å². The van der Waals surface area contributed by atoms with Crippen molar-refractivity contribution in [2.45, 2.75) is 25.8 Å². The minimum absolute atomic E-state index is 0.450. The van der Waals surface area contributed by atoms with Gasteiger partial charge in [-0.15, -0.1) is 0 Å². The van der Waals surface area contributed by atoms with Gasteiger partial charge in [0.25, 0.3) is 0 Å². The third-order valence-electron chi connectivity index (χ3n) is 3.00. The molecule has 1 aromatic carbocycles. The van der Waals surface area contributed by atoms with E-state index in [1.165, 1.54) is 0 Å². The average Bonchev–Trinajstić information content (AvgIpc) is 2.83. The summed E-state index contributed by atoms with van der Waals surface area (Å²) >= 11 is 3.37. The van der Waals surface area contributed by atoms with Crippen LogP contribution in [0.2, 0.25) is 0 Å². The van der Waals surface area contributed by atoms with Gasteiger partial charge in [0.1, 0.15) is 0 Å². The van der Waals surface area contributed by atoms with Crippen molar-refractivity contribution in [1.29, 1.82) is 0 Å². The monoisotopic (exact) mass is 322 g/mol. The van der Waals surface area contributed by atoms with Crippen molar-refractivity contribution < 1.29 is 9.90 Å². The molecule has 0 amide bonds. The second kappa shape index (κ2) is 6.02. The zero-order valence-corrected chi connectivity index (χ0v) is 12.2. The summed E-state index contributed by atoms with van der Waals surface area (Å²) in [6, 6.07) is 7.43. The van der Waals surface area contributed by atoms with Gasteiger partial charge in [0.2, 0.25) is 0 Å². The molecule has 100 valence electrons. The Morgan fingerprint density at radius 2 is 2.32 bits per heavy atom. The maximum absolute atomic E-state index is 11.4. The van der Waals surface area contributed by atoms with Gasteiger partial charge >= 0.3 is 5.97 Å². The van der Waals surface area contributed by atoms with Crippen molar-refractivity contribution in [2.75, 3.05) is 0 Å². The fourth-order valence-electron chi connectivity index (χ4n) is 1.99. The molecule has 0 fully saturated rings. The number of halogens is 1. The summed E-state index contributed by atoms with van der Waals surface area (Å²) in [7, 11) is 0. The van der Waals surface area contributed by atoms with Crippen LogP contribution in [0.5, 0.6) is 0 Å². The summed E-state index contributed by atoms with van der Waals surface area (Å²) in [6.45, 7) is 2.79. The van der Waals surface area contributed by atoms with Gasteiger partial charge in [-0.2, -0.15) is 5.10 Å². The lowest BCUT2D eigenvalue weighted by atomic mass is 9.93. The van der Waals surface area contributed by atoms with E-state index in [-0.39, 0.29) is 0 Å². The summed E-state index contributed by atoms with van der Waals surface area (Å²) in [4.78, 5) is 11.4. The number of aliphatic carboxylic acids is 1. The molecular weight excluding hydrogens is 308 g/mol. The largest absolute Gasteiger partial charge is 0.481 e. The Morgan fingerprint density at radius 1 is 1.53 bits per heavy atom. The molecule has 1 N–H and O–H groups in total.